The predicted molar refractivity (Wildman–Crippen MR) is 92.1 cm³/mol. The third kappa shape index (κ3) is 3.85. The summed E-state index contributed by atoms with van der Waals surface area (Å²) in [4.78, 5) is 12.1. The molecule has 0 aromatic heterocycles. The predicted octanol–water partition coefficient (Wildman–Crippen LogP) is 4.20. The molecule has 0 amide bonds. The first-order valence-electron chi connectivity index (χ1n) is 6.34. The lowest BCUT2D eigenvalue weighted by Gasteiger charge is -2.09. The third-order valence-corrected chi connectivity index (χ3v) is 3.70. The fourth-order valence-electron chi connectivity index (χ4n) is 1.92. The van der Waals surface area contributed by atoms with Crippen LogP contribution in [-0.2, 0) is 0 Å². The molecule has 0 atom stereocenters. The van der Waals surface area contributed by atoms with Gasteiger partial charge in [-0.3, -0.25) is 4.79 Å². The first kappa shape index (κ1) is 15.6. The molecule has 2 rings (SSSR count). The summed E-state index contributed by atoms with van der Waals surface area (Å²) in [6.07, 6.45) is 3.28. The van der Waals surface area contributed by atoms with Gasteiger partial charge in [-0.05, 0) is 52.9 Å². The molecule has 21 heavy (non-hydrogen) atoms. The second-order valence-corrected chi connectivity index (χ2v) is 5.53. The summed E-state index contributed by atoms with van der Waals surface area (Å²) in [6, 6.07) is 13.0. The number of allylic oxidation sites excluding steroid dienone is 1. The van der Waals surface area contributed by atoms with Gasteiger partial charge < -0.3 is 9.47 Å². The first-order valence-corrected chi connectivity index (χ1v) is 7.42. The second-order valence-electron chi connectivity index (χ2n) is 4.29. The van der Waals surface area contributed by atoms with Crippen LogP contribution in [0.4, 0.5) is 0 Å². The number of carbonyl (C=O) groups is 1. The fraction of sp³-hybridized carbons (Fsp3) is 0.118. The molecule has 0 N–H and O–H groups in total. The van der Waals surface area contributed by atoms with Crippen molar-refractivity contribution in [3.63, 3.8) is 0 Å². The van der Waals surface area contributed by atoms with Crippen molar-refractivity contribution in [2.75, 3.05) is 14.2 Å². The number of ketones is 1. The molecule has 0 fully saturated rings. The second kappa shape index (κ2) is 7.26. The molecule has 2 aromatic carbocycles. The summed E-state index contributed by atoms with van der Waals surface area (Å²) in [5.74, 6) is 1.21. The minimum atomic E-state index is -0.0451. The van der Waals surface area contributed by atoms with E-state index in [9.17, 15) is 4.79 Å². The Bertz CT molecular complexity index is 660. The highest BCUT2D eigenvalue weighted by Crippen LogP contribution is 2.31. The minimum absolute atomic E-state index is 0.0451. The minimum Gasteiger partial charge on any atom is -0.493 e. The van der Waals surface area contributed by atoms with Gasteiger partial charge in [0.1, 0.15) is 0 Å². The zero-order valence-corrected chi connectivity index (χ0v) is 14.0. The Morgan fingerprint density at radius 3 is 2.38 bits per heavy atom. The lowest BCUT2D eigenvalue weighted by molar-refractivity contribution is 0.104. The van der Waals surface area contributed by atoms with Gasteiger partial charge in [0.2, 0.25) is 0 Å². The molecule has 0 aliphatic heterocycles. The monoisotopic (exact) mass is 394 g/mol. The SMILES string of the molecule is COc1cccc(C=CC(=O)c2ccc(I)cc2)c1OC. The van der Waals surface area contributed by atoms with Crippen LogP contribution < -0.4 is 9.47 Å². The Balaban J connectivity index is 2.25. The summed E-state index contributed by atoms with van der Waals surface area (Å²) in [6.45, 7) is 0. The summed E-state index contributed by atoms with van der Waals surface area (Å²) in [5.41, 5.74) is 1.46. The lowest BCUT2D eigenvalue weighted by atomic mass is 10.1. The van der Waals surface area contributed by atoms with Gasteiger partial charge in [0.05, 0.1) is 14.2 Å². The van der Waals surface area contributed by atoms with Gasteiger partial charge in [0.15, 0.2) is 17.3 Å². The molecule has 0 bridgehead atoms. The van der Waals surface area contributed by atoms with Crippen molar-refractivity contribution in [2.45, 2.75) is 0 Å². The smallest absolute Gasteiger partial charge is 0.185 e. The van der Waals surface area contributed by atoms with E-state index in [-0.39, 0.29) is 5.78 Å². The number of benzene rings is 2. The van der Waals surface area contributed by atoms with Gasteiger partial charge >= 0.3 is 0 Å². The maximum Gasteiger partial charge on any atom is 0.185 e. The summed E-state index contributed by atoms with van der Waals surface area (Å²) in [7, 11) is 3.16. The van der Waals surface area contributed by atoms with Crippen molar-refractivity contribution in [1.82, 2.24) is 0 Å². The highest BCUT2D eigenvalue weighted by atomic mass is 127. The van der Waals surface area contributed by atoms with Crippen LogP contribution in [0.5, 0.6) is 11.5 Å². The van der Waals surface area contributed by atoms with Crippen molar-refractivity contribution in [3.8, 4) is 11.5 Å². The van der Waals surface area contributed by atoms with Crippen molar-refractivity contribution in [2.24, 2.45) is 0 Å². The van der Waals surface area contributed by atoms with Crippen molar-refractivity contribution in [1.29, 1.82) is 0 Å². The number of rotatable bonds is 5. The quantitative estimate of drug-likeness (QED) is 0.433. The van der Waals surface area contributed by atoms with E-state index in [1.54, 1.807) is 26.4 Å². The maximum absolute atomic E-state index is 12.1. The Morgan fingerprint density at radius 2 is 1.76 bits per heavy atom. The van der Waals surface area contributed by atoms with Crippen molar-refractivity contribution < 1.29 is 14.3 Å². The molecule has 0 spiro atoms. The van der Waals surface area contributed by atoms with Crippen LogP contribution in [-0.4, -0.2) is 20.0 Å². The number of carbonyl (C=O) groups excluding carboxylic acids is 1. The normalized spacial score (nSPS) is 10.6. The van der Waals surface area contributed by atoms with Crippen LogP contribution in [0.25, 0.3) is 6.08 Å². The Labute approximate surface area is 137 Å². The Kier molecular flexibility index (Phi) is 5.38. The van der Waals surface area contributed by atoms with E-state index in [1.807, 2.05) is 42.5 Å². The summed E-state index contributed by atoms with van der Waals surface area (Å²) in [5, 5.41) is 0. The van der Waals surface area contributed by atoms with Crippen molar-refractivity contribution >= 4 is 34.5 Å². The number of para-hydroxylation sites is 1. The topological polar surface area (TPSA) is 35.5 Å². The van der Waals surface area contributed by atoms with Crippen LogP contribution in [0.15, 0.2) is 48.5 Å². The zero-order chi connectivity index (χ0) is 15.2. The zero-order valence-electron chi connectivity index (χ0n) is 11.8. The van der Waals surface area contributed by atoms with Crippen LogP contribution in [0.2, 0.25) is 0 Å². The third-order valence-electron chi connectivity index (χ3n) is 2.98. The number of ether oxygens (including phenoxy) is 2. The molecule has 0 aliphatic carbocycles. The molecule has 2 aromatic rings. The fourth-order valence-corrected chi connectivity index (χ4v) is 2.28. The average Bonchev–Trinajstić information content (AvgIpc) is 2.52. The molecule has 0 aliphatic rings. The molecule has 108 valence electrons. The highest BCUT2D eigenvalue weighted by molar-refractivity contribution is 14.1. The van der Waals surface area contributed by atoms with Crippen LogP contribution in [0, 0.1) is 3.57 Å². The van der Waals surface area contributed by atoms with Crippen LogP contribution in [0.3, 0.4) is 0 Å². The molecule has 0 unspecified atom stereocenters. The molecule has 0 saturated heterocycles. The molecular weight excluding hydrogens is 379 g/mol. The summed E-state index contributed by atoms with van der Waals surface area (Å²) < 4.78 is 11.7. The van der Waals surface area contributed by atoms with E-state index in [0.717, 1.165) is 9.13 Å². The first-order chi connectivity index (χ1) is 10.2. The van der Waals surface area contributed by atoms with E-state index in [1.165, 1.54) is 0 Å². The number of methoxy groups -OCH3 is 2. The maximum atomic E-state index is 12.1. The molecule has 0 heterocycles. The standard InChI is InChI=1S/C17H15IO3/c1-20-16-5-3-4-13(17(16)21-2)8-11-15(19)12-6-9-14(18)10-7-12/h3-11H,1-2H3. The van der Waals surface area contributed by atoms with E-state index in [4.69, 9.17) is 9.47 Å². The van der Waals surface area contributed by atoms with Gasteiger partial charge in [-0.15, -0.1) is 0 Å². The highest BCUT2D eigenvalue weighted by Gasteiger charge is 2.07. The lowest BCUT2D eigenvalue weighted by Crippen LogP contribution is -1.95. The van der Waals surface area contributed by atoms with Crippen LogP contribution >= 0.6 is 22.6 Å². The number of hydrogen-bond donors (Lipinski definition) is 0. The van der Waals surface area contributed by atoms with Gasteiger partial charge in [0, 0.05) is 14.7 Å². The molecular formula is C17H15IO3. The molecule has 0 saturated carbocycles. The van der Waals surface area contributed by atoms with Gasteiger partial charge in [-0.2, -0.15) is 0 Å². The number of halogens is 1. The van der Waals surface area contributed by atoms with Crippen LogP contribution in [0.1, 0.15) is 15.9 Å². The average molecular weight is 394 g/mol. The largest absolute Gasteiger partial charge is 0.493 e. The molecule has 4 heteroatoms. The van der Waals surface area contributed by atoms with E-state index in [0.29, 0.717) is 17.1 Å². The van der Waals surface area contributed by atoms with E-state index in [2.05, 4.69) is 22.6 Å². The van der Waals surface area contributed by atoms with Gasteiger partial charge in [0.25, 0.3) is 0 Å². The Hall–Kier alpha value is -1.82. The number of hydrogen-bond acceptors (Lipinski definition) is 3. The summed E-state index contributed by atoms with van der Waals surface area (Å²) >= 11 is 2.21. The molecule has 0 radical (unpaired) electrons. The van der Waals surface area contributed by atoms with E-state index >= 15 is 0 Å². The van der Waals surface area contributed by atoms with Gasteiger partial charge in [-0.1, -0.05) is 24.3 Å². The Morgan fingerprint density at radius 1 is 1.05 bits per heavy atom. The van der Waals surface area contributed by atoms with Gasteiger partial charge in [-0.25, -0.2) is 0 Å². The van der Waals surface area contributed by atoms with E-state index < -0.39 is 0 Å². The van der Waals surface area contributed by atoms with Crippen molar-refractivity contribution in [3.05, 3.63) is 63.2 Å². The molecule has 3 nitrogen and oxygen atoms in total.